The lowest BCUT2D eigenvalue weighted by atomic mass is 9.42. The predicted molar refractivity (Wildman–Crippen MR) is 89.4 cm³/mol. The number of anilines is 2. The van der Waals surface area contributed by atoms with Gasteiger partial charge in [0.15, 0.2) is 0 Å². The molecule has 4 aliphatic carbocycles. The molecule has 4 saturated carbocycles. The van der Waals surface area contributed by atoms with Gasteiger partial charge in [-0.3, -0.25) is 0 Å². The van der Waals surface area contributed by atoms with E-state index >= 15 is 0 Å². The van der Waals surface area contributed by atoms with Crippen LogP contribution in [0.2, 0.25) is 0 Å². The second-order valence-corrected chi connectivity index (χ2v) is 9.06. The maximum atomic E-state index is 6.10. The van der Waals surface area contributed by atoms with Crippen molar-refractivity contribution >= 4 is 11.4 Å². The van der Waals surface area contributed by atoms with Crippen LogP contribution in [0.1, 0.15) is 57.9 Å². The Bertz CT molecular complexity index is 573. The van der Waals surface area contributed by atoms with Crippen molar-refractivity contribution in [2.75, 3.05) is 11.1 Å². The van der Waals surface area contributed by atoms with Crippen molar-refractivity contribution in [2.45, 2.75) is 64.8 Å². The molecule has 2 unspecified atom stereocenters. The number of nitrogens with two attached hydrogens (primary N) is 1. The smallest absolute Gasteiger partial charge is 0.0394 e. The first-order valence-electron chi connectivity index (χ1n) is 8.44. The minimum Gasteiger partial charge on any atom is -0.398 e. The lowest BCUT2D eigenvalue weighted by Crippen LogP contribution is -2.61. The summed E-state index contributed by atoms with van der Waals surface area (Å²) in [5, 5.41) is 3.97. The summed E-state index contributed by atoms with van der Waals surface area (Å²) in [4.78, 5) is 0. The number of hydrogen-bond acceptors (Lipinski definition) is 2. The molecule has 0 aromatic heterocycles. The SMILES string of the molecule is Cc1c(N)cccc1NC12CC3CC(C)(CC(C)(C3)C1)C2. The normalized spacial score (nSPS) is 44.0. The van der Waals surface area contributed by atoms with Crippen LogP contribution in [0, 0.1) is 23.7 Å². The third-order valence-electron chi connectivity index (χ3n) is 6.40. The highest BCUT2D eigenvalue weighted by atomic mass is 15.0. The number of nitrogens with one attached hydrogen (secondary N) is 1. The van der Waals surface area contributed by atoms with Crippen LogP contribution in [0.15, 0.2) is 18.2 Å². The molecule has 2 atom stereocenters. The van der Waals surface area contributed by atoms with E-state index in [9.17, 15) is 0 Å². The molecular formula is C19H28N2. The van der Waals surface area contributed by atoms with Gasteiger partial charge in [0.2, 0.25) is 0 Å². The Morgan fingerprint density at radius 1 is 1.05 bits per heavy atom. The van der Waals surface area contributed by atoms with Crippen LogP contribution < -0.4 is 11.1 Å². The van der Waals surface area contributed by atoms with Gasteiger partial charge >= 0.3 is 0 Å². The number of hydrogen-bond donors (Lipinski definition) is 2. The number of rotatable bonds is 2. The zero-order valence-electron chi connectivity index (χ0n) is 13.6. The second-order valence-electron chi connectivity index (χ2n) is 9.06. The van der Waals surface area contributed by atoms with Crippen LogP contribution in [0.3, 0.4) is 0 Å². The van der Waals surface area contributed by atoms with E-state index in [0.717, 1.165) is 11.6 Å². The summed E-state index contributed by atoms with van der Waals surface area (Å²) in [6, 6.07) is 6.28. The van der Waals surface area contributed by atoms with E-state index in [1.54, 1.807) is 0 Å². The Kier molecular flexibility index (Phi) is 2.55. The standard InChI is InChI=1S/C19H28N2/c1-13-15(20)5-4-6-16(13)21-19-9-14-7-17(2,11-19)10-18(3,8-14)12-19/h4-6,14,21H,7-12,20H2,1-3H3. The summed E-state index contributed by atoms with van der Waals surface area (Å²) in [5.41, 5.74) is 10.9. The molecule has 0 aliphatic heterocycles. The summed E-state index contributed by atoms with van der Waals surface area (Å²) < 4.78 is 0. The van der Waals surface area contributed by atoms with Crippen molar-refractivity contribution in [3.63, 3.8) is 0 Å². The predicted octanol–water partition coefficient (Wildman–Crippen LogP) is 4.74. The Morgan fingerprint density at radius 3 is 2.33 bits per heavy atom. The minimum atomic E-state index is 0.307. The molecule has 4 fully saturated rings. The first-order valence-corrected chi connectivity index (χ1v) is 8.44. The molecule has 0 radical (unpaired) electrons. The van der Waals surface area contributed by atoms with E-state index in [2.05, 4.69) is 38.2 Å². The molecule has 0 heterocycles. The molecule has 5 rings (SSSR count). The molecular weight excluding hydrogens is 256 g/mol. The molecule has 21 heavy (non-hydrogen) atoms. The van der Waals surface area contributed by atoms with Crippen molar-refractivity contribution < 1.29 is 0 Å². The highest BCUT2D eigenvalue weighted by Gasteiger charge is 2.60. The Hall–Kier alpha value is -1.18. The zero-order chi connectivity index (χ0) is 14.9. The molecule has 3 N–H and O–H groups in total. The molecule has 0 amide bonds. The van der Waals surface area contributed by atoms with Gasteiger partial charge in [0.05, 0.1) is 0 Å². The molecule has 1 aromatic rings. The van der Waals surface area contributed by atoms with E-state index in [4.69, 9.17) is 5.73 Å². The van der Waals surface area contributed by atoms with Gasteiger partial charge in [-0.2, -0.15) is 0 Å². The van der Waals surface area contributed by atoms with Crippen molar-refractivity contribution in [1.29, 1.82) is 0 Å². The molecule has 0 spiro atoms. The second kappa shape index (κ2) is 3.97. The van der Waals surface area contributed by atoms with Gasteiger partial charge in [-0.15, -0.1) is 0 Å². The van der Waals surface area contributed by atoms with Crippen LogP contribution >= 0.6 is 0 Å². The first-order chi connectivity index (χ1) is 9.81. The summed E-state index contributed by atoms with van der Waals surface area (Å²) in [5.74, 6) is 0.921. The summed E-state index contributed by atoms with van der Waals surface area (Å²) in [6.07, 6.45) is 8.34. The van der Waals surface area contributed by atoms with Gasteiger partial charge in [-0.1, -0.05) is 19.9 Å². The van der Waals surface area contributed by atoms with Gasteiger partial charge < -0.3 is 11.1 Å². The van der Waals surface area contributed by atoms with Crippen LogP contribution in [-0.4, -0.2) is 5.54 Å². The van der Waals surface area contributed by atoms with Crippen LogP contribution in [-0.2, 0) is 0 Å². The van der Waals surface area contributed by atoms with Gasteiger partial charge in [0.1, 0.15) is 0 Å². The van der Waals surface area contributed by atoms with E-state index in [0.29, 0.717) is 16.4 Å². The number of benzene rings is 1. The highest BCUT2D eigenvalue weighted by molar-refractivity contribution is 5.64. The molecule has 114 valence electrons. The molecule has 4 bridgehead atoms. The summed E-state index contributed by atoms with van der Waals surface area (Å²) in [7, 11) is 0. The van der Waals surface area contributed by atoms with Crippen LogP contribution in [0.25, 0.3) is 0 Å². The van der Waals surface area contributed by atoms with E-state index in [1.165, 1.54) is 49.8 Å². The average molecular weight is 284 g/mol. The fraction of sp³-hybridized carbons (Fsp3) is 0.684. The summed E-state index contributed by atoms with van der Waals surface area (Å²) >= 11 is 0. The van der Waals surface area contributed by atoms with E-state index < -0.39 is 0 Å². The first kappa shape index (κ1) is 13.5. The van der Waals surface area contributed by atoms with E-state index in [-0.39, 0.29) is 0 Å². The Labute approximate surface area is 128 Å². The third kappa shape index (κ3) is 2.06. The summed E-state index contributed by atoms with van der Waals surface area (Å²) in [6.45, 7) is 7.19. The van der Waals surface area contributed by atoms with Gasteiger partial charge in [-0.05, 0) is 79.9 Å². The third-order valence-corrected chi connectivity index (χ3v) is 6.40. The monoisotopic (exact) mass is 284 g/mol. The quantitative estimate of drug-likeness (QED) is 0.770. The van der Waals surface area contributed by atoms with Gasteiger partial charge in [-0.25, -0.2) is 0 Å². The fourth-order valence-electron chi connectivity index (χ4n) is 6.66. The van der Waals surface area contributed by atoms with Crippen LogP contribution in [0.5, 0.6) is 0 Å². The van der Waals surface area contributed by atoms with E-state index in [1.807, 2.05) is 6.07 Å². The molecule has 1 aromatic carbocycles. The van der Waals surface area contributed by atoms with Crippen molar-refractivity contribution in [2.24, 2.45) is 16.7 Å². The van der Waals surface area contributed by atoms with Crippen molar-refractivity contribution in [3.8, 4) is 0 Å². The van der Waals surface area contributed by atoms with Crippen LogP contribution in [0.4, 0.5) is 11.4 Å². The largest absolute Gasteiger partial charge is 0.398 e. The van der Waals surface area contributed by atoms with Crippen molar-refractivity contribution in [1.82, 2.24) is 0 Å². The molecule has 4 aliphatic rings. The lowest BCUT2D eigenvalue weighted by Gasteiger charge is -2.65. The van der Waals surface area contributed by atoms with Gasteiger partial charge in [0, 0.05) is 16.9 Å². The topological polar surface area (TPSA) is 38.0 Å². The lowest BCUT2D eigenvalue weighted by molar-refractivity contribution is -0.0973. The zero-order valence-corrected chi connectivity index (χ0v) is 13.6. The highest BCUT2D eigenvalue weighted by Crippen LogP contribution is 2.66. The molecule has 0 saturated heterocycles. The average Bonchev–Trinajstić information content (AvgIpc) is 2.30. The fourth-order valence-corrected chi connectivity index (χ4v) is 6.66. The minimum absolute atomic E-state index is 0.307. The Morgan fingerprint density at radius 2 is 1.71 bits per heavy atom. The molecule has 2 nitrogen and oxygen atoms in total. The number of nitrogen functional groups attached to an aromatic ring is 1. The van der Waals surface area contributed by atoms with Crippen molar-refractivity contribution in [3.05, 3.63) is 23.8 Å². The Balaban J connectivity index is 1.70. The van der Waals surface area contributed by atoms with Gasteiger partial charge in [0.25, 0.3) is 0 Å². The maximum Gasteiger partial charge on any atom is 0.0394 e. The maximum absolute atomic E-state index is 6.10. The molecule has 2 heteroatoms.